The standard InChI is InChI=1S/C16H21N3O/c20-16(18-10-5-12-1-2-12)14-3-4-15(19-11-14)13-6-8-17-9-7-13/h3-4,6,11-12,17H,1-2,5,7-10H2,(H,18,20). The van der Waals surface area contributed by atoms with Crippen LogP contribution in [0.1, 0.15) is 41.7 Å². The van der Waals surface area contributed by atoms with Gasteiger partial charge in [0.15, 0.2) is 0 Å². The van der Waals surface area contributed by atoms with Gasteiger partial charge in [-0.2, -0.15) is 0 Å². The van der Waals surface area contributed by atoms with Crippen LogP contribution in [0.25, 0.3) is 5.57 Å². The molecule has 2 aliphatic rings. The number of hydrogen-bond donors (Lipinski definition) is 2. The summed E-state index contributed by atoms with van der Waals surface area (Å²) < 4.78 is 0. The van der Waals surface area contributed by atoms with Crippen LogP contribution < -0.4 is 10.6 Å². The summed E-state index contributed by atoms with van der Waals surface area (Å²) in [5.41, 5.74) is 2.91. The molecule has 4 nitrogen and oxygen atoms in total. The van der Waals surface area contributed by atoms with Crippen molar-refractivity contribution in [2.24, 2.45) is 5.92 Å². The zero-order valence-corrected chi connectivity index (χ0v) is 11.7. The zero-order chi connectivity index (χ0) is 13.8. The molecule has 0 unspecified atom stereocenters. The second-order valence-electron chi connectivity index (χ2n) is 5.60. The van der Waals surface area contributed by atoms with Crippen LogP contribution in [0.15, 0.2) is 24.4 Å². The second kappa shape index (κ2) is 6.18. The number of nitrogens with zero attached hydrogens (tertiary/aromatic N) is 1. The van der Waals surface area contributed by atoms with Gasteiger partial charge in [0.25, 0.3) is 5.91 Å². The summed E-state index contributed by atoms with van der Waals surface area (Å²) in [5.74, 6) is 0.839. The van der Waals surface area contributed by atoms with Crippen LogP contribution in [0.5, 0.6) is 0 Å². The molecule has 0 saturated heterocycles. The van der Waals surface area contributed by atoms with Gasteiger partial charge in [0, 0.05) is 19.3 Å². The summed E-state index contributed by atoms with van der Waals surface area (Å²) >= 11 is 0. The average molecular weight is 271 g/mol. The molecule has 1 aromatic rings. The van der Waals surface area contributed by atoms with E-state index in [0.29, 0.717) is 5.56 Å². The number of rotatable bonds is 5. The van der Waals surface area contributed by atoms with Crippen molar-refractivity contribution in [3.63, 3.8) is 0 Å². The maximum Gasteiger partial charge on any atom is 0.252 e. The minimum absolute atomic E-state index is 0.0102. The van der Waals surface area contributed by atoms with Crippen LogP contribution in [0, 0.1) is 5.92 Å². The molecule has 1 aliphatic carbocycles. The van der Waals surface area contributed by atoms with E-state index in [1.807, 2.05) is 12.1 Å². The number of carbonyl (C=O) groups is 1. The Bertz CT molecular complexity index is 503. The van der Waals surface area contributed by atoms with Crippen molar-refractivity contribution in [3.8, 4) is 0 Å². The van der Waals surface area contributed by atoms with Crippen LogP contribution in [-0.2, 0) is 0 Å². The molecule has 4 heteroatoms. The lowest BCUT2D eigenvalue weighted by atomic mass is 10.0. The Labute approximate surface area is 119 Å². The highest BCUT2D eigenvalue weighted by atomic mass is 16.1. The largest absolute Gasteiger partial charge is 0.352 e. The molecule has 1 fully saturated rings. The third-order valence-corrected chi connectivity index (χ3v) is 3.95. The fourth-order valence-corrected chi connectivity index (χ4v) is 2.47. The predicted molar refractivity (Wildman–Crippen MR) is 79.4 cm³/mol. The van der Waals surface area contributed by atoms with Crippen molar-refractivity contribution in [1.82, 2.24) is 15.6 Å². The van der Waals surface area contributed by atoms with Crippen molar-refractivity contribution in [2.45, 2.75) is 25.7 Å². The SMILES string of the molecule is O=C(NCCC1CC1)c1ccc(C2=CCNCC2)nc1. The lowest BCUT2D eigenvalue weighted by Gasteiger charge is -2.13. The topological polar surface area (TPSA) is 54.0 Å². The smallest absolute Gasteiger partial charge is 0.252 e. The van der Waals surface area contributed by atoms with E-state index in [4.69, 9.17) is 0 Å². The Morgan fingerprint density at radius 3 is 2.95 bits per heavy atom. The summed E-state index contributed by atoms with van der Waals surface area (Å²) in [5, 5.41) is 6.25. The molecule has 2 heterocycles. The number of hydrogen-bond acceptors (Lipinski definition) is 3. The van der Waals surface area contributed by atoms with Gasteiger partial charge < -0.3 is 10.6 Å². The van der Waals surface area contributed by atoms with Crippen molar-refractivity contribution in [3.05, 3.63) is 35.7 Å². The van der Waals surface area contributed by atoms with Gasteiger partial charge in [-0.1, -0.05) is 18.9 Å². The fraction of sp³-hybridized carbons (Fsp3) is 0.500. The first-order chi connectivity index (χ1) is 9.83. The molecule has 1 amide bonds. The molecule has 20 heavy (non-hydrogen) atoms. The summed E-state index contributed by atoms with van der Waals surface area (Å²) in [4.78, 5) is 16.4. The molecule has 3 rings (SSSR count). The number of carbonyl (C=O) groups excluding carboxylic acids is 1. The van der Waals surface area contributed by atoms with Crippen LogP contribution in [0.3, 0.4) is 0 Å². The van der Waals surface area contributed by atoms with Gasteiger partial charge in [-0.05, 0) is 43.0 Å². The minimum atomic E-state index is -0.0102. The van der Waals surface area contributed by atoms with E-state index in [9.17, 15) is 4.79 Å². The van der Waals surface area contributed by atoms with Gasteiger partial charge in [-0.3, -0.25) is 9.78 Å². The van der Waals surface area contributed by atoms with Crippen molar-refractivity contribution in [2.75, 3.05) is 19.6 Å². The number of nitrogens with one attached hydrogen (secondary N) is 2. The highest BCUT2D eigenvalue weighted by Gasteiger charge is 2.20. The first-order valence-corrected chi connectivity index (χ1v) is 7.47. The lowest BCUT2D eigenvalue weighted by molar-refractivity contribution is 0.0952. The zero-order valence-electron chi connectivity index (χ0n) is 11.7. The third-order valence-electron chi connectivity index (χ3n) is 3.95. The summed E-state index contributed by atoms with van der Waals surface area (Å²) in [6, 6.07) is 3.82. The van der Waals surface area contributed by atoms with E-state index in [-0.39, 0.29) is 5.91 Å². The molecular formula is C16H21N3O. The molecule has 1 aliphatic heterocycles. The van der Waals surface area contributed by atoms with Gasteiger partial charge in [0.2, 0.25) is 0 Å². The van der Waals surface area contributed by atoms with E-state index in [2.05, 4.69) is 21.7 Å². The Balaban J connectivity index is 1.56. The first kappa shape index (κ1) is 13.3. The van der Waals surface area contributed by atoms with Crippen molar-refractivity contribution in [1.29, 1.82) is 0 Å². The molecule has 0 spiro atoms. The van der Waals surface area contributed by atoms with Gasteiger partial charge in [0.05, 0.1) is 11.3 Å². The monoisotopic (exact) mass is 271 g/mol. The van der Waals surface area contributed by atoms with Crippen molar-refractivity contribution < 1.29 is 4.79 Å². The second-order valence-corrected chi connectivity index (χ2v) is 5.60. The highest BCUT2D eigenvalue weighted by Crippen LogP contribution is 2.31. The van der Waals surface area contributed by atoms with Gasteiger partial charge in [-0.25, -0.2) is 0 Å². The number of aromatic nitrogens is 1. The molecule has 2 N–H and O–H groups in total. The van der Waals surface area contributed by atoms with Gasteiger partial charge in [-0.15, -0.1) is 0 Å². The van der Waals surface area contributed by atoms with E-state index in [0.717, 1.165) is 44.1 Å². The van der Waals surface area contributed by atoms with Crippen LogP contribution in [-0.4, -0.2) is 30.5 Å². The van der Waals surface area contributed by atoms with Crippen LogP contribution >= 0.6 is 0 Å². The Morgan fingerprint density at radius 1 is 1.40 bits per heavy atom. The third kappa shape index (κ3) is 3.45. The lowest BCUT2D eigenvalue weighted by Crippen LogP contribution is -2.25. The van der Waals surface area contributed by atoms with Crippen molar-refractivity contribution >= 4 is 11.5 Å². The number of amides is 1. The maximum atomic E-state index is 12.0. The molecule has 1 aromatic heterocycles. The first-order valence-electron chi connectivity index (χ1n) is 7.47. The highest BCUT2D eigenvalue weighted by molar-refractivity contribution is 5.94. The Hall–Kier alpha value is -1.68. The molecule has 1 saturated carbocycles. The predicted octanol–water partition coefficient (Wildman–Crippen LogP) is 1.99. The molecule has 0 aromatic carbocycles. The maximum absolute atomic E-state index is 12.0. The van der Waals surface area contributed by atoms with E-state index >= 15 is 0 Å². The average Bonchev–Trinajstić information content (AvgIpc) is 3.32. The Kier molecular flexibility index (Phi) is 4.11. The molecule has 0 bridgehead atoms. The molecule has 0 atom stereocenters. The van der Waals surface area contributed by atoms with E-state index in [1.54, 1.807) is 6.20 Å². The molecule has 0 radical (unpaired) electrons. The quantitative estimate of drug-likeness (QED) is 0.861. The summed E-state index contributed by atoms with van der Waals surface area (Å²) in [6.07, 6.45) is 8.62. The number of pyridine rings is 1. The van der Waals surface area contributed by atoms with E-state index in [1.165, 1.54) is 18.4 Å². The van der Waals surface area contributed by atoms with Crippen LogP contribution in [0.2, 0.25) is 0 Å². The fourth-order valence-electron chi connectivity index (χ4n) is 2.47. The van der Waals surface area contributed by atoms with Crippen LogP contribution in [0.4, 0.5) is 0 Å². The normalized spacial score (nSPS) is 18.5. The summed E-state index contributed by atoms with van der Waals surface area (Å²) in [7, 11) is 0. The summed E-state index contributed by atoms with van der Waals surface area (Å²) in [6.45, 7) is 2.68. The van der Waals surface area contributed by atoms with Gasteiger partial charge in [0.1, 0.15) is 0 Å². The Morgan fingerprint density at radius 2 is 2.30 bits per heavy atom. The molecular weight excluding hydrogens is 250 g/mol. The minimum Gasteiger partial charge on any atom is -0.352 e. The van der Waals surface area contributed by atoms with Gasteiger partial charge >= 0.3 is 0 Å². The molecule has 106 valence electrons. The van der Waals surface area contributed by atoms with E-state index < -0.39 is 0 Å².